The van der Waals surface area contributed by atoms with Crippen LogP contribution in [-0.4, -0.2) is 20.2 Å². The number of anilines is 1. The predicted octanol–water partition coefficient (Wildman–Crippen LogP) is 4.60. The van der Waals surface area contributed by atoms with E-state index in [1.807, 2.05) is 54.6 Å². The fourth-order valence-corrected chi connectivity index (χ4v) is 3.15. The van der Waals surface area contributed by atoms with E-state index in [1.165, 1.54) is 0 Å². The minimum Gasteiger partial charge on any atom is -0.414 e. The minimum absolute atomic E-state index is 0.242. The molecule has 0 saturated heterocycles. The van der Waals surface area contributed by atoms with Crippen molar-refractivity contribution < 1.29 is 4.42 Å². The van der Waals surface area contributed by atoms with Crippen molar-refractivity contribution in [1.82, 2.24) is 20.2 Å². The van der Waals surface area contributed by atoms with Gasteiger partial charge >= 0.3 is 0 Å². The van der Waals surface area contributed by atoms with Crippen molar-refractivity contribution in [1.29, 1.82) is 0 Å². The number of hydrogen-bond donors (Lipinski definition) is 1. The van der Waals surface area contributed by atoms with Gasteiger partial charge in [-0.05, 0) is 22.9 Å². The molecule has 134 valence electrons. The summed E-state index contributed by atoms with van der Waals surface area (Å²) in [6, 6.07) is 23.8. The molecule has 0 bridgehead atoms. The van der Waals surface area contributed by atoms with E-state index in [0.717, 1.165) is 21.9 Å². The Bertz CT molecular complexity index is 1280. The van der Waals surface area contributed by atoms with Crippen molar-refractivity contribution in [2.75, 3.05) is 5.73 Å². The Morgan fingerprint density at radius 1 is 0.750 bits per heavy atom. The van der Waals surface area contributed by atoms with E-state index in [4.69, 9.17) is 10.2 Å². The van der Waals surface area contributed by atoms with E-state index in [9.17, 15) is 0 Å². The van der Waals surface area contributed by atoms with Crippen molar-refractivity contribution in [3.8, 4) is 34.3 Å². The molecule has 0 aliphatic rings. The lowest BCUT2D eigenvalue weighted by molar-refractivity contribution is 0.582. The van der Waals surface area contributed by atoms with E-state index in [-0.39, 0.29) is 11.7 Å². The Labute approximate surface area is 160 Å². The fourth-order valence-electron chi connectivity index (χ4n) is 3.15. The van der Waals surface area contributed by atoms with Gasteiger partial charge < -0.3 is 10.2 Å². The molecule has 0 spiro atoms. The van der Waals surface area contributed by atoms with Crippen LogP contribution in [0.5, 0.6) is 0 Å². The molecule has 6 nitrogen and oxygen atoms in total. The standard InChI is InChI=1S/C22H15N5O/c23-20-19(22-27-26-21(28-22)15-8-2-1-3-9-15)25-18(13-24-20)17-12-6-10-14-7-4-5-11-16(14)17/h1-13H,(H2,23,24). The van der Waals surface area contributed by atoms with Gasteiger partial charge in [0.2, 0.25) is 5.89 Å². The average molecular weight is 365 g/mol. The largest absolute Gasteiger partial charge is 0.414 e. The van der Waals surface area contributed by atoms with Crippen LogP contribution in [0.25, 0.3) is 45.1 Å². The minimum atomic E-state index is 0.242. The van der Waals surface area contributed by atoms with E-state index in [2.05, 4.69) is 38.4 Å². The zero-order valence-corrected chi connectivity index (χ0v) is 14.8. The lowest BCUT2D eigenvalue weighted by Crippen LogP contribution is -1.99. The molecule has 0 aliphatic heterocycles. The molecule has 2 heterocycles. The molecule has 5 rings (SSSR count). The first kappa shape index (κ1) is 16.1. The summed E-state index contributed by atoms with van der Waals surface area (Å²) >= 11 is 0. The quantitative estimate of drug-likeness (QED) is 0.503. The van der Waals surface area contributed by atoms with E-state index < -0.39 is 0 Å². The molecule has 0 amide bonds. The Kier molecular flexibility index (Phi) is 3.80. The van der Waals surface area contributed by atoms with Gasteiger partial charge in [0.05, 0.1) is 11.9 Å². The first-order valence-electron chi connectivity index (χ1n) is 8.79. The summed E-state index contributed by atoms with van der Waals surface area (Å²) in [7, 11) is 0. The molecule has 0 radical (unpaired) electrons. The van der Waals surface area contributed by atoms with E-state index in [0.29, 0.717) is 17.3 Å². The maximum Gasteiger partial charge on any atom is 0.270 e. The highest BCUT2D eigenvalue weighted by Gasteiger charge is 2.17. The van der Waals surface area contributed by atoms with Gasteiger partial charge in [-0.3, -0.25) is 0 Å². The molecule has 28 heavy (non-hydrogen) atoms. The second-order valence-corrected chi connectivity index (χ2v) is 6.29. The van der Waals surface area contributed by atoms with Gasteiger partial charge in [-0.1, -0.05) is 60.7 Å². The van der Waals surface area contributed by atoms with Gasteiger partial charge in [0.25, 0.3) is 5.89 Å². The average Bonchev–Trinajstić information content (AvgIpc) is 3.24. The zero-order chi connectivity index (χ0) is 18.9. The van der Waals surface area contributed by atoms with Gasteiger partial charge in [0, 0.05) is 11.1 Å². The van der Waals surface area contributed by atoms with Crippen LogP contribution in [0.1, 0.15) is 0 Å². The van der Waals surface area contributed by atoms with Gasteiger partial charge in [0.15, 0.2) is 11.5 Å². The summed E-state index contributed by atoms with van der Waals surface area (Å²) in [4.78, 5) is 8.99. The molecule has 0 aliphatic carbocycles. The molecule has 0 unspecified atom stereocenters. The maximum atomic E-state index is 6.06. The van der Waals surface area contributed by atoms with Crippen LogP contribution in [0.4, 0.5) is 5.82 Å². The van der Waals surface area contributed by atoms with Gasteiger partial charge in [0.1, 0.15) is 0 Å². The number of rotatable bonds is 3. The number of fused-ring (bicyclic) bond motifs is 1. The topological polar surface area (TPSA) is 90.7 Å². The molecule has 6 heteroatoms. The first-order chi connectivity index (χ1) is 13.8. The Balaban J connectivity index is 1.62. The monoisotopic (exact) mass is 365 g/mol. The van der Waals surface area contributed by atoms with Crippen molar-refractivity contribution in [3.05, 3.63) is 79.0 Å². The molecule has 2 N–H and O–H groups in total. The Morgan fingerprint density at radius 2 is 1.50 bits per heavy atom. The molecule has 5 aromatic rings. The third-order valence-electron chi connectivity index (χ3n) is 4.51. The van der Waals surface area contributed by atoms with Crippen LogP contribution in [0.3, 0.4) is 0 Å². The molecular weight excluding hydrogens is 350 g/mol. The molecule has 3 aromatic carbocycles. The molecule has 0 saturated carbocycles. The van der Waals surface area contributed by atoms with Crippen LogP contribution in [-0.2, 0) is 0 Å². The third-order valence-corrected chi connectivity index (χ3v) is 4.51. The second kappa shape index (κ2) is 6.59. The van der Waals surface area contributed by atoms with Crippen molar-refractivity contribution >= 4 is 16.6 Å². The zero-order valence-electron chi connectivity index (χ0n) is 14.8. The summed E-state index contributed by atoms with van der Waals surface area (Å²) in [5.41, 5.74) is 8.93. The second-order valence-electron chi connectivity index (χ2n) is 6.29. The summed E-state index contributed by atoms with van der Waals surface area (Å²) in [6.45, 7) is 0. The predicted molar refractivity (Wildman–Crippen MR) is 108 cm³/mol. The SMILES string of the molecule is Nc1ncc(-c2cccc3ccccc23)nc1-c1nnc(-c2ccccc2)o1. The van der Waals surface area contributed by atoms with Crippen molar-refractivity contribution in [2.45, 2.75) is 0 Å². The first-order valence-corrected chi connectivity index (χ1v) is 8.79. The highest BCUT2D eigenvalue weighted by molar-refractivity contribution is 5.96. The number of nitrogen functional groups attached to an aromatic ring is 1. The number of benzene rings is 3. The summed E-state index contributed by atoms with van der Waals surface area (Å²) < 4.78 is 5.81. The highest BCUT2D eigenvalue weighted by atomic mass is 16.4. The number of hydrogen-bond acceptors (Lipinski definition) is 6. The summed E-state index contributed by atoms with van der Waals surface area (Å²) in [5.74, 6) is 0.894. The van der Waals surface area contributed by atoms with Crippen molar-refractivity contribution in [2.24, 2.45) is 0 Å². The number of nitrogens with zero attached hydrogens (tertiary/aromatic N) is 4. The molecule has 0 fully saturated rings. The molecule has 2 aromatic heterocycles. The lowest BCUT2D eigenvalue weighted by Gasteiger charge is -2.07. The normalized spacial score (nSPS) is 11.0. The highest BCUT2D eigenvalue weighted by Crippen LogP contribution is 2.31. The van der Waals surface area contributed by atoms with Gasteiger partial charge in [-0.25, -0.2) is 9.97 Å². The van der Waals surface area contributed by atoms with Crippen LogP contribution in [0, 0.1) is 0 Å². The maximum absolute atomic E-state index is 6.06. The van der Waals surface area contributed by atoms with E-state index in [1.54, 1.807) is 6.20 Å². The van der Waals surface area contributed by atoms with E-state index >= 15 is 0 Å². The fraction of sp³-hybridized carbons (Fsp3) is 0. The van der Waals surface area contributed by atoms with Crippen molar-refractivity contribution in [3.63, 3.8) is 0 Å². The number of nitrogens with two attached hydrogens (primary N) is 1. The van der Waals surface area contributed by atoms with Gasteiger partial charge in [-0.15, -0.1) is 10.2 Å². The summed E-state index contributed by atoms with van der Waals surface area (Å²) in [6.07, 6.45) is 1.66. The van der Waals surface area contributed by atoms with Crippen LogP contribution >= 0.6 is 0 Å². The van der Waals surface area contributed by atoms with Gasteiger partial charge in [-0.2, -0.15) is 0 Å². The Morgan fingerprint density at radius 3 is 2.39 bits per heavy atom. The number of aromatic nitrogens is 4. The molecule has 0 atom stereocenters. The Hall–Kier alpha value is -4.06. The lowest BCUT2D eigenvalue weighted by atomic mass is 10.0. The third kappa shape index (κ3) is 2.77. The molecular formula is C22H15N5O. The smallest absolute Gasteiger partial charge is 0.270 e. The summed E-state index contributed by atoms with van der Waals surface area (Å²) in [5, 5.41) is 10.5. The van der Waals surface area contributed by atoms with Crippen LogP contribution in [0.15, 0.2) is 83.4 Å². The van der Waals surface area contributed by atoms with Crippen LogP contribution < -0.4 is 5.73 Å². The van der Waals surface area contributed by atoms with Crippen LogP contribution in [0.2, 0.25) is 0 Å².